The van der Waals surface area contributed by atoms with E-state index in [1.54, 1.807) is 11.0 Å². The van der Waals surface area contributed by atoms with Gasteiger partial charge in [0.2, 0.25) is 5.91 Å². The van der Waals surface area contributed by atoms with E-state index in [0.29, 0.717) is 32.7 Å². The average molecular weight is 490 g/mol. The Morgan fingerprint density at radius 1 is 0.972 bits per heavy atom. The molecule has 1 aliphatic rings. The number of amides is 2. The van der Waals surface area contributed by atoms with Gasteiger partial charge in [0.05, 0.1) is 5.69 Å². The van der Waals surface area contributed by atoms with Gasteiger partial charge in [-0.25, -0.2) is 4.39 Å². The number of halogens is 1. The minimum atomic E-state index is -0.464. The first-order valence-corrected chi connectivity index (χ1v) is 12.4. The zero-order valence-corrected chi connectivity index (χ0v) is 20.9. The van der Waals surface area contributed by atoms with E-state index in [1.807, 2.05) is 38.1 Å². The molecule has 3 aromatic rings. The van der Waals surface area contributed by atoms with Crippen LogP contribution in [0.4, 0.5) is 10.2 Å². The summed E-state index contributed by atoms with van der Waals surface area (Å²) in [7, 11) is 0. The van der Waals surface area contributed by atoms with Gasteiger partial charge in [0.1, 0.15) is 12.4 Å². The lowest BCUT2D eigenvalue weighted by Gasteiger charge is -2.36. The number of carbonyl (C=O) groups excluding carboxylic acids is 2. The van der Waals surface area contributed by atoms with Crippen LogP contribution in [-0.2, 0) is 4.79 Å². The molecule has 36 heavy (non-hydrogen) atoms. The largest absolute Gasteiger partial charge is 0.352 e. The van der Waals surface area contributed by atoms with Gasteiger partial charge in [-0.15, -0.1) is 10.2 Å². The average Bonchev–Trinajstić information content (AvgIpc) is 2.91. The highest BCUT2D eigenvalue weighted by Gasteiger charge is 2.26. The van der Waals surface area contributed by atoms with Crippen molar-refractivity contribution in [1.29, 1.82) is 0 Å². The Morgan fingerprint density at radius 2 is 1.72 bits per heavy atom. The quantitative estimate of drug-likeness (QED) is 0.475. The first-order chi connectivity index (χ1) is 17.4. The summed E-state index contributed by atoms with van der Waals surface area (Å²) in [6.45, 7) is 6.87. The van der Waals surface area contributed by atoms with Crippen LogP contribution < -0.4 is 4.90 Å². The number of anilines is 1. The van der Waals surface area contributed by atoms with Crippen molar-refractivity contribution in [2.45, 2.75) is 26.7 Å². The van der Waals surface area contributed by atoms with Gasteiger partial charge in [-0.3, -0.25) is 9.59 Å². The molecule has 1 aliphatic heterocycles. The molecule has 0 bridgehead atoms. The Morgan fingerprint density at radius 3 is 2.36 bits per heavy atom. The summed E-state index contributed by atoms with van der Waals surface area (Å²) in [6.07, 6.45) is 1.67. The van der Waals surface area contributed by atoms with Crippen LogP contribution in [0.3, 0.4) is 0 Å². The van der Waals surface area contributed by atoms with Gasteiger partial charge < -0.3 is 14.7 Å². The molecule has 0 spiro atoms. The first-order valence-electron chi connectivity index (χ1n) is 12.4. The van der Waals surface area contributed by atoms with Crippen LogP contribution in [0.15, 0.2) is 60.7 Å². The Bertz CT molecular complexity index is 1180. The molecule has 1 saturated heterocycles. The molecule has 1 aromatic heterocycles. The summed E-state index contributed by atoms with van der Waals surface area (Å²) in [4.78, 5) is 31.4. The number of rotatable bonds is 8. The molecule has 0 aliphatic carbocycles. The van der Waals surface area contributed by atoms with Gasteiger partial charge >= 0.3 is 0 Å². The minimum absolute atomic E-state index is 0.0135. The number of unbranched alkanes of at least 4 members (excludes halogenated alkanes) is 1. The van der Waals surface area contributed by atoms with Crippen molar-refractivity contribution in [3.8, 4) is 11.3 Å². The number of piperazine rings is 1. The zero-order chi connectivity index (χ0) is 25.5. The molecule has 4 rings (SSSR count). The van der Waals surface area contributed by atoms with Gasteiger partial charge in [0.25, 0.3) is 5.91 Å². The highest BCUT2D eigenvalue weighted by molar-refractivity contribution is 5.96. The van der Waals surface area contributed by atoms with Crippen LogP contribution in [-0.4, -0.2) is 71.1 Å². The van der Waals surface area contributed by atoms with E-state index < -0.39 is 5.82 Å². The Kier molecular flexibility index (Phi) is 8.25. The summed E-state index contributed by atoms with van der Waals surface area (Å²) < 4.78 is 13.6. The molecule has 1 fully saturated rings. The molecular formula is C28H32FN5O2. The molecule has 2 heterocycles. The third-order valence-corrected chi connectivity index (χ3v) is 6.42. The van der Waals surface area contributed by atoms with E-state index in [4.69, 9.17) is 0 Å². The van der Waals surface area contributed by atoms with Crippen LogP contribution in [0.1, 0.15) is 35.7 Å². The first kappa shape index (κ1) is 25.3. The fraction of sp³-hybridized carbons (Fsp3) is 0.357. The number of hydrogen-bond acceptors (Lipinski definition) is 5. The standard InChI is InChI=1S/C28H32FN5O2/c1-3-4-14-34(28(36)23-6-5-7-24(29)19-23)20-27(35)33-17-15-32(16-18-33)26-13-12-25(30-31-26)22-10-8-21(2)9-11-22/h5-13,19H,3-4,14-18,20H2,1-2H3. The van der Waals surface area contributed by atoms with Crippen molar-refractivity contribution in [1.82, 2.24) is 20.0 Å². The molecule has 7 nitrogen and oxygen atoms in total. The Hall–Kier alpha value is -3.81. The third-order valence-electron chi connectivity index (χ3n) is 6.42. The fourth-order valence-electron chi connectivity index (χ4n) is 4.23. The second-order valence-electron chi connectivity index (χ2n) is 9.10. The van der Waals surface area contributed by atoms with E-state index in [9.17, 15) is 14.0 Å². The summed E-state index contributed by atoms with van der Waals surface area (Å²) in [5.74, 6) is -0.104. The van der Waals surface area contributed by atoms with Crippen molar-refractivity contribution >= 4 is 17.6 Å². The number of nitrogens with zero attached hydrogens (tertiary/aromatic N) is 5. The number of benzene rings is 2. The van der Waals surface area contributed by atoms with Crippen LogP contribution in [0.5, 0.6) is 0 Å². The van der Waals surface area contributed by atoms with Crippen molar-refractivity contribution in [3.05, 3.63) is 77.6 Å². The van der Waals surface area contributed by atoms with Crippen LogP contribution in [0.2, 0.25) is 0 Å². The molecule has 0 saturated carbocycles. The maximum Gasteiger partial charge on any atom is 0.254 e. The predicted octanol–water partition coefficient (Wildman–Crippen LogP) is 4.18. The third kappa shape index (κ3) is 6.24. The van der Waals surface area contributed by atoms with Gasteiger partial charge in [0, 0.05) is 43.9 Å². The zero-order valence-electron chi connectivity index (χ0n) is 20.9. The molecule has 0 atom stereocenters. The molecule has 0 N–H and O–H groups in total. The number of aromatic nitrogens is 2. The minimum Gasteiger partial charge on any atom is -0.352 e. The predicted molar refractivity (Wildman–Crippen MR) is 138 cm³/mol. The van der Waals surface area contributed by atoms with Crippen LogP contribution in [0.25, 0.3) is 11.3 Å². The molecule has 0 radical (unpaired) electrons. The molecule has 0 unspecified atom stereocenters. The van der Waals surface area contributed by atoms with Crippen molar-refractivity contribution in [3.63, 3.8) is 0 Å². The maximum atomic E-state index is 13.6. The summed E-state index contributed by atoms with van der Waals surface area (Å²) in [6, 6.07) is 17.7. The van der Waals surface area contributed by atoms with Gasteiger partial charge in [-0.2, -0.15) is 0 Å². The highest BCUT2D eigenvalue weighted by atomic mass is 19.1. The molecule has 188 valence electrons. The van der Waals surface area contributed by atoms with E-state index in [-0.39, 0.29) is 23.9 Å². The Labute approximate surface area is 211 Å². The van der Waals surface area contributed by atoms with Crippen LogP contribution in [0, 0.1) is 12.7 Å². The number of aryl methyl sites for hydroxylation is 1. The lowest BCUT2D eigenvalue weighted by molar-refractivity contribution is -0.132. The van der Waals surface area contributed by atoms with E-state index in [0.717, 1.165) is 29.9 Å². The van der Waals surface area contributed by atoms with Gasteiger partial charge in [-0.05, 0) is 43.7 Å². The van der Waals surface area contributed by atoms with Crippen LogP contribution >= 0.6 is 0 Å². The van der Waals surface area contributed by atoms with Crippen molar-refractivity contribution < 1.29 is 14.0 Å². The summed E-state index contributed by atoms with van der Waals surface area (Å²) >= 11 is 0. The second kappa shape index (κ2) is 11.7. The fourth-order valence-corrected chi connectivity index (χ4v) is 4.23. The summed E-state index contributed by atoms with van der Waals surface area (Å²) in [5, 5.41) is 8.79. The Balaban J connectivity index is 1.34. The van der Waals surface area contributed by atoms with E-state index in [2.05, 4.69) is 27.2 Å². The molecule has 8 heteroatoms. The SMILES string of the molecule is CCCCN(CC(=O)N1CCN(c2ccc(-c3ccc(C)cc3)nn2)CC1)C(=O)c1cccc(F)c1. The monoisotopic (exact) mass is 489 g/mol. The maximum absolute atomic E-state index is 13.6. The van der Waals surface area contributed by atoms with Gasteiger partial charge in [-0.1, -0.05) is 49.2 Å². The normalized spacial score (nSPS) is 13.5. The highest BCUT2D eigenvalue weighted by Crippen LogP contribution is 2.20. The molecule has 2 amide bonds. The molecular weight excluding hydrogens is 457 g/mol. The number of carbonyl (C=O) groups is 2. The lowest BCUT2D eigenvalue weighted by atomic mass is 10.1. The number of hydrogen-bond donors (Lipinski definition) is 0. The smallest absolute Gasteiger partial charge is 0.254 e. The van der Waals surface area contributed by atoms with E-state index in [1.165, 1.54) is 28.7 Å². The van der Waals surface area contributed by atoms with Gasteiger partial charge in [0.15, 0.2) is 5.82 Å². The molecule has 2 aromatic carbocycles. The van der Waals surface area contributed by atoms with Crippen molar-refractivity contribution in [2.24, 2.45) is 0 Å². The topological polar surface area (TPSA) is 69.6 Å². The van der Waals surface area contributed by atoms with Crippen molar-refractivity contribution in [2.75, 3.05) is 44.2 Å². The van der Waals surface area contributed by atoms with E-state index >= 15 is 0 Å². The second-order valence-corrected chi connectivity index (χ2v) is 9.10. The lowest BCUT2D eigenvalue weighted by Crippen LogP contribution is -2.52. The summed E-state index contributed by atoms with van der Waals surface area (Å²) in [5.41, 5.74) is 3.30.